The maximum Gasteiger partial charge on any atom is 0.308 e. The van der Waals surface area contributed by atoms with Gasteiger partial charge in [-0.3, -0.25) is 4.79 Å². The second kappa shape index (κ2) is 20.1. The van der Waals surface area contributed by atoms with Crippen molar-refractivity contribution in [2.75, 3.05) is 13.2 Å². The highest BCUT2D eigenvalue weighted by molar-refractivity contribution is 6.77. The number of esters is 1. The number of benzene rings is 1. The van der Waals surface area contributed by atoms with Gasteiger partial charge >= 0.3 is 5.97 Å². The van der Waals surface area contributed by atoms with Crippen LogP contribution in [0.1, 0.15) is 145 Å². The van der Waals surface area contributed by atoms with Gasteiger partial charge in [0.2, 0.25) is 8.32 Å². The van der Waals surface area contributed by atoms with E-state index in [-0.39, 0.29) is 54.6 Å². The lowest BCUT2D eigenvalue weighted by molar-refractivity contribution is -0.312. The summed E-state index contributed by atoms with van der Waals surface area (Å²) in [6, 6.07) is 10.3. The first-order valence-electron chi connectivity index (χ1n) is 22.3. The Morgan fingerprint density at radius 2 is 1.68 bits per heavy atom. The fraction of sp³-hybridized carbons (Fsp3) is 0.809. The van der Waals surface area contributed by atoms with Crippen LogP contribution >= 0.6 is 0 Å². The quantitative estimate of drug-likeness (QED) is 0.0592. The van der Waals surface area contributed by atoms with Gasteiger partial charge in [0.1, 0.15) is 6.10 Å². The molecule has 0 spiro atoms. The zero-order valence-corrected chi connectivity index (χ0v) is 37.8. The number of ether oxygens (including phenoxy) is 6. The molecule has 4 fully saturated rings. The van der Waals surface area contributed by atoms with Crippen molar-refractivity contribution in [3.63, 3.8) is 0 Å². The van der Waals surface area contributed by atoms with Gasteiger partial charge in [-0.2, -0.15) is 0 Å². The van der Waals surface area contributed by atoms with E-state index in [1.807, 2.05) is 12.1 Å². The molecular weight excluding hydrogens is 721 g/mol. The summed E-state index contributed by atoms with van der Waals surface area (Å²) in [5.41, 5.74) is 1.46. The number of carbonyl (C=O) groups is 1. The van der Waals surface area contributed by atoms with Crippen molar-refractivity contribution < 1.29 is 37.6 Å². The summed E-state index contributed by atoms with van der Waals surface area (Å²) >= 11 is 0. The monoisotopic (exact) mass is 799 g/mol. The van der Waals surface area contributed by atoms with Crippen molar-refractivity contribution >= 4 is 14.3 Å². The van der Waals surface area contributed by atoms with E-state index >= 15 is 0 Å². The molecule has 11 atom stereocenters. The van der Waals surface area contributed by atoms with E-state index in [0.29, 0.717) is 54.5 Å². The molecule has 318 valence electrons. The summed E-state index contributed by atoms with van der Waals surface area (Å²) in [6.45, 7) is 28.9. The van der Waals surface area contributed by atoms with Gasteiger partial charge in [0.05, 0.1) is 60.9 Å². The molecule has 8 nitrogen and oxygen atoms in total. The summed E-state index contributed by atoms with van der Waals surface area (Å²) in [5.74, 6) is 0.550. The molecule has 0 aromatic heterocycles. The van der Waals surface area contributed by atoms with E-state index in [0.717, 1.165) is 58.0 Å². The van der Waals surface area contributed by atoms with Gasteiger partial charge in [-0.1, -0.05) is 91.8 Å². The van der Waals surface area contributed by atoms with Crippen LogP contribution in [0.3, 0.4) is 0 Å². The maximum absolute atomic E-state index is 14.3. The molecule has 0 bridgehead atoms. The minimum Gasteiger partial charge on any atom is -0.459 e. The number of rotatable bonds is 19. The first kappa shape index (κ1) is 45.5. The van der Waals surface area contributed by atoms with E-state index in [4.69, 9.17) is 32.8 Å². The predicted octanol–water partition coefficient (Wildman–Crippen LogP) is 10.9. The molecule has 4 saturated heterocycles. The predicted molar refractivity (Wildman–Crippen MR) is 226 cm³/mol. The molecule has 0 amide bonds. The van der Waals surface area contributed by atoms with Gasteiger partial charge in [0.15, 0.2) is 0 Å². The fourth-order valence-electron chi connectivity index (χ4n) is 11.1. The molecule has 5 rings (SSSR count). The zero-order chi connectivity index (χ0) is 40.7. The Balaban J connectivity index is 1.27. The third-order valence-electron chi connectivity index (χ3n) is 13.8. The number of carbonyl (C=O) groups excluding carboxylic acids is 1. The molecule has 4 heterocycles. The molecular formula is C47H78O8Si. The summed E-state index contributed by atoms with van der Waals surface area (Å²) in [6.07, 6.45) is 9.76. The lowest BCUT2D eigenvalue weighted by Crippen LogP contribution is -2.66. The first-order chi connectivity index (χ1) is 26.6. The highest BCUT2D eigenvalue weighted by Gasteiger charge is 2.58. The van der Waals surface area contributed by atoms with Crippen LogP contribution in [0.5, 0.6) is 0 Å². The van der Waals surface area contributed by atoms with Crippen molar-refractivity contribution in [2.45, 2.75) is 217 Å². The van der Waals surface area contributed by atoms with E-state index < -0.39 is 20.0 Å². The molecule has 0 saturated carbocycles. The number of allylic oxidation sites excluding steroid dienone is 1. The Labute approximate surface area is 341 Å². The van der Waals surface area contributed by atoms with E-state index in [1.165, 1.54) is 5.56 Å². The van der Waals surface area contributed by atoms with Crippen molar-refractivity contribution in [3.8, 4) is 0 Å². The summed E-state index contributed by atoms with van der Waals surface area (Å²) < 4.78 is 47.1. The fourth-order valence-corrected chi connectivity index (χ4v) is 16.7. The molecule has 4 aliphatic heterocycles. The Kier molecular flexibility index (Phi) is 16.3. The Morgan fingerprint density at radius 1 is 0.964 bits per heavy atom. The average Bonchev–Trinajstić information content (AvgIpc) is 3.40. The molecule has 1 aromatic rings. The van der Waals surface area contributed by atoms with Gasteiger partial charge in [0.25, 0.3) is 0 Å². The molecule has 0 N–H and O–H groups in total. The van der Waals surface area contributed by atoms with Gasteiger partial charge in [-0.25, -0.2) is 0 Å². The van der Waals surface area contributed by atoms with E-state index in [9.17, 15) is 4.79 Å². The van der Waals surface area contributed by atoms with Gasteiger partial charge in [-0.05, 0) is 99.2 Å². The van der Waals surface area contributed by atoms with Crippen molar-refractivity contribution in [1.29, 1.82) is 0 Å². The summed E-state index contributed by atoms with van der Waals surface area (Å²) in [5, 5.41) is 0. The van der Waals surface area contributed by atoms with Crippen LogP contribution in [0.4, 0.5) is 0 Å². The van der Waals surface area contributed by atoms with Crippen molar-refractivity contribution in [2.24, 2.45) is 11.8 Å². The van der Waals surface area contributed by atoms with Crippen molar-refractivity contribution in [3.05, 3.63) is 48.6 Å². The van der Waals surface area contributed by atoms with Crippen LogP contribution in [-0.4, -0.2) is 81.4 Å². The van der Waals surface area contributed by atoms with Gasteiger partial charge < -0.3 is 32.8 Å². The first-order valence-corrected chi connectivity index (χ1v) is 24.5. The number of hydrogen-bond acceptors (Lipinski definition) is 8. The largest absolute Gasteiger partial charge is 0.459 e. The molecule has 4 aliphatic rings. The average molecular weight is 799 g/mol. The molecule has 9 heteroatoms. The molecule has 0 unspecified atom stereocenters. The van der Waals surface area contributed by atoms with Crippen LogP contribution in [0.25, 0.3) is 0 Å². The molecule has 56 heavy (non-hydrogen) atoms. The van der Waals surface area contributed by atoms with Crippen LogP contribution in [0.15, 0.2) is 43.0 Å². The van der Waals surface area contributed by atoms with Gasteiger partial charge in [0, 0.05) is 26.1 Å². The standard InChI is InChI=1S/C47H78O8Si/c1-12-13-21-40-41(29-43-47(11,54-40)31-46(10)42(53-43)22-17-18-24-50-46)52-44(48)28-39(55-56(32(2)3,33(4)5)34(6)7)27-38-26-36(9)45(51-38)35(8)23-25-49-30-37-19-15-14-16-20-37/h12,14-16,19-20,32-36,38-43,45H,1,13,17-18,21-31H2,2-11H3/t35-,36+,38-,39+,40+,41-,42-,43+,45+,46+,47-/m0/s1. The topological polar surface area (TPSA) is 81.7 Å². The SMILES string of the molecule is C=CCC[C@H]1O[C@@]2(C)C[C@@]3(C)OCCCC[C@@H]3O[C@@H]2C[C@@H]1OC(=O)C[C@@H](C[C@@H]1C[C@@H](C)[C@@H]([C@@H](C)CCOCc2ccccc2)O1)O[Si](C(C)C)(C(C)C)C(C)C. The van der Waals surface area contributed by atoms with Crippen molar-refractivity contribution in [1.82, 2.24) is 0 Å². The second-order valence-electron chi connectivity index (χ2n) is 19.3. The smallest absolute Gasteiger partial charge is 0.308 e. The highest BCUT2D eigenvalue weighted by atomic mass is 28.4. The third kappa shape index (κ3) is 11.0. The minimum atomic E-state index is -2.33. The van der Waals surface area contributed by atoms with E-state index in [1.54, 1.807) is 0 Å². The van der Waals surface area contributed by atoms with Crippen LogP contribution < -0.4 is 0 Å². The second-order valence-corrected chi connectivity index (χ2v) is 24.7. The van der Waals surface area contributed by atoms with Crippen LogP contribution in [0, 0.1) is 11.8 Å². The molecule has 0 aliphatic carbocycles. The summed E-state index contributed by atoms with van der Waals surface area (Å²) in [4.78, 5) is 14.3. The van der Waals surface area contributed by atoms with Gasteiger partial charge in [-0.15, -0.1) is 6.58 Å². The van der Waals surface area contributed by atoms with Crippen LogP contribution in [0.2, 0.25) is 16.6 Å². The normalized spacial score (nSPS) is 33.5. The van der Waals surface area contributed by atoms with E-state index in [2.05, 4.69) is 100 Å². The zero-order valence-electron chi connectivity index (χ0n) is 36.8. The lowest BCUT2D eigenvalue weighted by Gasteiger charge is -2.56. The molecule has 0 radical (unpaired) electrons. The number of fused-ring (bicyclic) bond motifs is 2. The Morgan fingerprint density at radius 3 is 2.36 bits per heavy atom. The van der Waals surface area contributed by atoms with Crippen LogP contribution in [-0.2, 0) is 44.2 Å². The minimum absolute atomic E-state index is 0.00822. The lowest BCUT2D eigenvalue weighted by atomic mass is 9.74. The third-order valence-corrected chi connectivity index (χ3v) is 20.0. The molecule has 1 aromatic carbocycles. The maximum atomic E-state index is 14.3. The Bertz CT molecular complexity index is 1350. The highest BCUT2D eigenvalue weighted by Crippen LogP contribution is 2.49. The number of hydrogen-bond donors (Lipinski definition) is 0. The summed E-state index contributed by atoms with van der Waals surface area (Å²) in [7, 11) is -2.33. The Hall–Kier alpha value is -1.59.